The maximum absolute atomic E-state index is 13.6. The summed E-state index contributed by atoms with van der Waals surface area (Å²) >= 11 is 3.13. The van der Waals surface area contributed by atoms with E-state index in [0.29, 0.717) is 10.0 Å². The van der Waals surface area contributed by atoms with Gasteiger partial charge in [0, 0.05) is 23.6 Å². The Labute approximate surface area is 146 Å². The number of carbonyl (C=O) groups excluding carboxylic acids is 2. The third-order valence-corrected chi connectivity index (χ3v) is 3.76. The molecule has 1 amide bonds. The zero-order valence-corrected chi connectivity index (χ0v) is 14.3. The van der Waals surface area contributed by atoms with Gasteiger partial charge in [-0.2, -0.15) is 0 Å². The number of ether oxygens (including phenoxy) is 1. The van der Waals surface area contributed by atoms with E-state index in [1.54, 1.807) is 18.2 Å². The lowest BCUT2D eigenvalue weighted by Gasteiger charge is -2.17. The van der Waals surface area contributed by atoms with Gasteiger partial charge in [-0.1, -0.05) is 34.1 Å². The van der Waals surface area contributed by atoms with Gasteiger partial charge < -0.3 is 9.64 Å². The number of halogens is 3. The third-order valence-electron chi connectivity index (χ3n) is 3.27. The van der Waals surface area contributed by atoms with E-state index in [0.717, 1.165) is 6.07 Å². The van der Waals surface area contributed by atoms with Crippen LogP contribution in [0.3, 0.4) is 0 Å². The molecule has 0 heterocycles. The SMILES string of the molecule is CN(Cc1ccccc1F)C(=O)COC(=O)c1cc(Br)ccc1F. The lowest BCUT2D eigenvalue weighted by molar-refractivity contribution is -0.133. The highest BCUT2D eigenvalue weighted by molar-refractivity contribution is 9.10. The Kier molecular flexibility index (Phi) is 6.03. The summed E-state index contributed by atoms with van der Waals surface area (Å²) < 4.78 is 32.5. The molecule has 0 N–H and O–H groups in total. The summed E-state index contributed by atoms with van der Waals surface area (Å²) in [5.74, 6) is -2.64. The zero-order valence-electron chi connectivity index (χ0n) is 12.8. The van der Waals surface area contributed by atoms with Crippen LogP contribution in [0.25, 0.3) is 0 Å². The number of likely N-dealkylation sites (N-methyl/N-ethyl adjacent to an activating group) is 1. The summed E-state index contributed by atoms with van der Waals surface area (Å²) in [4.78, 5) is 25.0. The minimum absolute atomic E-state index is 0.0360. The normalized spacial score (nSPS) is 10.3. The van der Waals surface area contributed by atoms with Crippen molar-refractivity contribution in [1.82, 2.24) is 4.90 Å². The van der Waals surface area contributed by atoms with Crippen molar-refractivity contribution >= 4 is 27.8 Å². The molecule has 0 aliphatic carbocycles. The van der Waals surface area contributed by atoms with Crippen LogP contribution in [-0.4, -0.2) is 30.4 Å². The van der Waals surface area contributed by atoms with E-state index in [2.05, 4.69) is 15.9 Å². The highest BCUT2D eigenvalue weighted by Crippen LogP contribution is 2.16. The molecular weight excluding hydrogens is 384 g/mol. The Morgan fingerprint density at radius 1 is 1.12 bits per heavy atom. The molecular formula is C17H14BrF2NO3. The van der Waals surface area contributed by atoms with Gasteiger partial charge in [0.1, 0.15) is 11.6 Å². The number of rotatable bonds is 5. The van der Waals surface area contributed by atoms with Crippen molar-refractivity contribution in [3.05, 3.63) is 69.7 Å². The maximum atomic E-state index is 13.6. The number of esters is 1. The summed E-state index contributed by atoms with van der Waals surface area (Å²) in [6, 6.07) is 9.89. The number of nitrogens with zero attached hydrogens (tertiary/aromatic N) is 1. The van der Waals surface area contributed by atoms with Crippen LogP contribution in [0.2, 0.25) is 0 Å². The van der Waals surface area contributed by atoms with Crippen LogP contribution in [0.1, 0.15) is 15.9 Å². The van der Waals surface area contributed by atoms with Gasteiger partial charge in [0.15, 0.2) is 6.61 Å². The summed E-state index contributed by atoms with van der Waals surface area (Å²) in [6.45, 7) is -0.524. The van der Waals surface area contributed by atoms with Crippen LogP contribution < -0.4 is 0 Å². The van der Waals surface area contributed by atoms with Gasteiger partial charge in [-0.05, 0) is 24.3 Å². The zero-order chi connectivity index (χ0) is 17.7. The molecule has 0 aliphatic rings. The standard InChI is InChI=1S/C17H14BrF2NO3/c1-21(9-11-4-2-3-5-14(11)19)16(22)10-24-17(23)13-8-12(18)6-7-15(13)20/h2-8H,9-10H2,1H3. The first kappa shape index (κ1) is 18.1. The quantitative estimate of drug-likeness (QED) is 0.724. The molecule has 0 unspecified atom stereocenters. The molecule has 126 valence electrons. The lowest BCUT2D eigenvalue weighted by Crippen LogP contribution is -2.31. The molecule has 0 aliphatic heterocycles. The molecule has 0 bridgehead atoms. The van der Waals surface area contributed by atoms with Crippen molar-refractivity contribution < 1.29 is 23.1 Å². The van der Waals surface area contributed by atoms with Gasteiger partial charge in [0.25, 0.3) is 5.91 Å². The topological polar surface area (TPSA) is 46.6 Å². The molecule has 0 saturated heterocycles. The maximum Gasteiger partial charge on any atom is 0.341 e. The van der Waals surface area contributed by atoms with E-state index in [4.69, 9.17) is 4.74 Å². The van der Waals surface area contributed by atoms with Gasteiger partial charge in [0.05, 0.1) is 5.56 Å². The van der Waals surface area contributed by atoms with Crippen molar-refractivity contribution in [2.24, 2.45) is 0 Å². The van der Waals surface area contributed by atoms with Crippen LogP contribution in [0.4, 0.5) is 8.78 Å². The second-order valence-corrected chi connectivity index (χ2v) is 5.96. The number of amides is 1. The van der Waals surface area contributed by atoms with Gasteiger partial charge in [-0.15, -0.1) is 0 Å². The third kappa shape index (κ3) is 4.61. The predicted molar refractivity (Wildman–Crippen MR) is 87.3 cm³/mol. The first-order valence-electron chi connectivity index (χ1n) is 6.98. The molecule has 24 heavy (non-hydrogen) atoms. The Morgan fingerprint density at radius 3 is 2.54 bits per heavy atom. The minimum atomic E-state index is -0.943. The summed E-state index contributed by atoms with van der Waals surface area (Å²) in [7, 11) is 1.46. The van der Waals surface area contributed by atoms with Crippen LogP contribution in [0.15, 0.2) is 46.9 Å². The van der Waals surface area contributed by atoms with Crippen LogP contribution in [-0.2, 0) is 16.1 Å². The van der Waals surface area contributed by atoms with Crippen LogP contribution in [0.5, 0.6) is 0 Å². The van der Waals surface area contributed by atoms with E-state index < -0.39 is 30.1 Å². The Hall–Kier alpha value is -2.28. The number of benzene rings is 2. The summed E-state index contributed by atoms with van der Waals surface area (Å²) in [5, 5.41) is 0. The Bertz CT molecular complexity index is 767. The van der Waals surface area contributed by atoms with E-state index in [1.807, 2.05) is 0 Å². The van der Waals surface area contributed by atoms with Crippen LogP contribution >= 0.6 is 15.9 Å². The van der Waals surface area contributed by atoms with E-state index in [9.17, 15) is 18.4 Å². The fraction of sp³-hybridized carbons (Fsp3) is 0.176. The molecule has 2 rings (SSSR count). The monoisotopic (exact) mass is 397 g/mol. The Balaban J connectivity index is 1.93. The fourth-order valence-corrected chi connectivity index (χ4v) is 2.30. The van der Waals surface area contributed by atoms with Crippen molar-refractivity contribution in [2.75, 3.05) is 13.7 Å². The molecule has 4 nitrogen and oxygen atoms in total. The largest absolute Gasteiger partial charge is 0.452 e. The van der Waals surface area contributed by atoms with Gasteiger partial charge in [0.2, 0.25) is 0 Å². The predicted octanol–water partition coefficient (Wildman–Crippen LogP) is 3.54. The number of hydrogen-bond donors (Lipinski definition) is 0. The lowest BCUT2D eigenvalue weighted by atomic mass is 10.2. The van der Waals surface area contributed by atoms with Gasteiger partial charge in [-0.3, -0.25) is 4.79 Å². The molecule has 0 spiro atoms. The molecule has 7 heteroatoms. The van der Waals surface area contributed by atoms with Crippen molar-refractivity contribution in [3.8, 4) is 0 Å². The Morgan fingerprint density at radius 2 is 1.83 bits per heavy atom. The second kappa shape index (κ2) is 8.01. The van der Waals surface area contributed by atoms with Gasteiger partial charge >= 0.3 is 5.97 Å². The molecule has 0 atom stereocenters. The van der Waals surface area contributed by atoms with E-state index in [1.165, 1.54) is 30.1 Å². The molecule has 0 saturated carbocycles. The molecule has 0 radical (unpaired) electrons. The molecule has 2 aromatic rings. The van der Waals surface area contributed by atoms with E-state index in [-0.39, 0.29) is 12.1 Å². The number of carbonyl (C=O) groups is 2. The van der Waals surface area contributed by atoms with Crippen LogP contribution in [0, 0.1) is 11.6 Å². The first-order chi connectivity index (χ1) is 11.4. The highest BCUT2D eigenvalue weighted by atomic mass is 79.9. The van der Waals surface area contributed by atoms with Crippen molar-refractivity contribution in [1.29, 1.82) is 0 Å². The van der Waals surface area contributed by atoms with Gasteiger partial charge in [-0.25, -0.2) is 13.6 Å². The average molecular weight is 398 g/mol. The average Bonchev–Trinajstić information content (AvgIpc) is 2.56. The fourth-order valence-electron chi connectivity index (χ4n) is 1.94. The minimum Gasteiger partial charge on any atom is -0.452 e. The number of hydrogen-bond acceptors (Lipinski definition) is 3. The molecule has 0 fully saturated rings. The smallest absolute Gasteiger partial charge is 0.341 e. The highest BCUT2D eigenvalue weighted by Gasteiger charge is 2.17. The second-order valence-electron chi connectivity index (χ2n) is 5.04. The van der Waals surface area contributed by atoms with E-state index >= 15 is 0 Å². The van der Waals surface area contributed by atoms with Crippen molar-refractivity contribution in [3.63, 3.8) is 0 Å². The summed E-state index contributed by atoms with van der Waals surface area (Å²) in [5.41, 5.74) is 0.0756. The first-order valence-corrected chi connectivity index (χ1v) is 7.77. The summed E-state index contributed by atoms with van der Waals surface area (Å²) in [6.07, 6.45) is 0. The molecule has 0 aromatic heterocycles. The van der Waals surface area contributed by atoms with Crippen molar-refractivity contribution in [2.45, 2.75) is 6.54 Å². The molecule has 2 aromatic carbocycles.